The second-order valence-corrected chi connectivity index (χ2v) is 6.63. The van der Waals surface area contributed by atoms with Crippen LogP contribution in [0.5, 0.6) is 5.75 Å². The van der Waals surface area contributed by atoms with E-state index in [1.54, 1.807) is 0 Å². The van der Waals surface area contributed by atoms with Crippen molar-refractivity contribution in [2.75, 3.05) is 13.7 Å². The number of unbranched alkanes of at least 4 members (excludes halogenated alkanes) is 1. The van der Waals surface area contributed by atoms with Crippen molar-refractivity contribution in [3.8, 4) is 5.75 Å². The number of ether oxygens (including phenoxy) is 1. The minimum Gasteiger partial charge on any atom is -0.494 e. The topological polar surface area (TPSA) is 12.5 Å². The minimum atomic E-state index is 0.561. The first kappa shape index (κ1) is 18.5. The lowest BCUT2D eigenvalue weighted by atomic mass is 10.0. The van der Waals surface area contributed by atoms with Gasteiger partial charge in [-0.2, -0.15) is 0 Å². The van der Waals surface area contributed by atoms with Crippen molar-refractivity contribution in [3.05, 3.63) is 65.7 Å². The van der Waals surface area contributed by atoms with Gasteiger partial charge in [0.25, 0.3) is 0 Å². The highest BCUT2D eigenvalue weighted by molar-refractivity contribution is 5.27. The Kier molecular flexibility index (Phi) is 7.84. The Morgan fingerprint density at radius 1 is 0.958 bits per heavy atom. The molecule has 0 N–H and O–H groups in total. The molecule has 24 heavy (non-hydrogen) atoms. The maximum absolute atomic E-state index is 5.72. The summed E-state index contributed by atoms with van der Waals surface area (Å²) >= 11 is 0. The van der Waals surface area contributed by atoms with E-state index in [2.05, 4.69) is 80.4 Å². The van der Waals surface area contributed by atoms with Crippen LogP contribution in [-0.2, 0) is 13.0 Å². The molecule has 2 rings (SSSR count). The van der Waals surface area contributed by atoms with E-state index >= 15 is 0 Å². The van der Waals surface area contributed by atoms with Crippen LogP contribution in [0.4, 0.5) is 0 Å². The van der Waals surface area contributed by atoms with Gasteiger partial charge >= 0.3 is 0 Å². The van der Waals surface area contributed by atoms with Gasteiger partial charge in [0.2, 0.25) is 0 Å². The molecule has 2 aromatic rings. The number of hydrogen-bond acceptors (Lipinski definition) is 2. The van der Waals surface area contributed by atoms with Crippen LogP contribution in [-0.4, -0.2) is 24.6 Å². The summed E-state index contributed by atoms with van der Waals surface area (Å²) in [6.07, 6.45) is 4.56. The molecule has 2 aromatic carbocycles. The van der Waals surface area contributed by atoms with Crippen molar-refractivity contribution in [1.82, 2.24) is 4.90 Å². The fraction of sp³-hybridized carbons (Fsp3) is 0.455. The van der Waals surface area contributed by atoms with Gasteiger partial charge in [0.05, 0.1) is 6.61 Å². The van der Waals surface area contributed by atoms with Crippen LogP contribution in [0.2, 0.25) is 0 Å². The summed E-state index contributed by atoms with van der Waals surface area (Å²) in [4.78, 5) is 2.43. The third-order valence-corrected chi connectivity index (χ3v) is 4.57. The van der Waals surface area contributed by atoms with Gasteiger partial charge in [-0.05, 0) is 56.5 Å². The predicted molar refractivity (Wildman–Crippen MR) is 103 cm³/mol. The van der Waals surface area contributed by atoms with Crippen LogP contribution in [0.15, 0.2) is 54.6 Å². The SMILES string of the molecule is CCCCOc1ccc(CCC(C)N(C)Cc2ccccc2)cc1. The predicted octanol–water partition coefficient (Wildman–Crippen LogP) is 5.32. The average Bonchev–Trinajstić information content (AvgIpc) is 2.62. The summed E-state index contributed by atoms with van der Waals surface area (Å²) in [6.45, 7) is 6.32. The molecule has 0 radical (unpaired) electrons. The third kappa shape index (κ3) is 6.37. The second kappa shape index (κ2) is 10.1. The van der Waals surface area contributed by atoms with E-state index in [4.69, 9.17) is 4.74 Å². The Balaban J connectivity index is 1.75. The molecule has 0 bridgehead atoms. The van der Waals surface area contributed by atoms with E-state index in [1.807, 2.05) is 0 Å². The highest BCUT2D eigenvalue weighted by atomic mass is 16.5. The number of aryl methyl sites for hydroxylation is 1. The molecule has 0 aliphatic carbocycles. The van der Waals surface area contributed by atoms with E-state index in [0.717, 1.165) is 31.7 Å². The first-order chi connectivity index (χ1) is 11.7. The molecule has 130 valence electrons. The maximum atomic E-state index is 5.72. The summed E-state index contributed by atoms with van der Waals surface area (Å²) < 4.78 is 5.72. The Bertz CT molecular complexity index is 564. The van der Waals surface area contributed by atoms with Gasteiger partial charge in [0.15, 0.2) is 0 Å². The molecule has 0 aliphatic rings. The Labute approximate surface area is 147 Å². The van der Waals surface area contributed by atoms with Crippen molar-refractivity contribution in [2.45, 2.75) is 52.1 Å². The Morgan fingerprint density at radius 2 is 1.67 bits per heavy atom. The molecule has 0 saturated heterocycles. The van der Waals surface area contributed by atoms with Gasteiger partial charge in [0.1, 0.15) is 5.75 Å². The molecule has 0 spiro atoms. The van der Waals surface area contributed by atoms with Crippen LogP contribution in [0, 0.1) is 0 Å². The lowest BCUT2D eigenvalue weighted by molar-refractivity contribution is 0.238. The number of benzene rings is 2. The fourth-order valence-electron chi connectivity index (χ4n) is 2.71. The first-order valence-corrected chi connectivity index (χ1v) is 9.15. The van der Waals surface area contributed by atoms with Crippen molar-refractivity contribution >= 4 is 0 Å². The van der Waals surface area contributed by atoms with Crippen molar-refractivity contribution in [3.63, 3.8) is 0 Å². The Morgan fingerprint density at radius 3 is 2.33 bits per heavy atom. The molecule has 0 aliphatic heterocycles. The molecule has 0 amide bonds. The fourth-order valence-corrected chi connectivity index (χ4v) is 2.71. The summed E-state index contributed by atoms with van der Waals surface area (Å²) in [5.74, 6) is 0.987. The molecule has 2 heteroatoms. The van der Waals surface area contributed by atoms with Crippen molar-refractivity contribution < 1.29 is 4.74 Å². The molecule has 2 nitrogen and oxygen atoms in total. The molecule has 0 heterocycles. The lowest BCUT2D eigenvalue weighted by Crippen LogP contribution is -2.28. The summed E-state index contributed by atoms with van der Waals surface area (Å²) in [6, 6.07) is 19.8. The zero-order chi connectivity index (χ0) is 17.2. The van der Waals surface area contributed by atoms with E-state index in [9.17, 15) is 0 Å². The van der Waals surface area contributed by atoms with Gasteiger partial charge < -0.3 is 4.74 Å². The maximum Gasteiger partial charge on any atom is 0.119 e. The monoisotopic (exact) mass is 325 g/mol. The quantitative estimate of drug-likeness (QED) is 0.548. The van der Waals surface area contributed by atoms with Gasteiger partial charge in [-0.15, -0.1) is 0 Å². The van der Waals surface area contributed by atoms with Gasteiger partial charge in [-0.1, -0.05) is 55.8 Å². The van der Waals surface area contributed by atoms with Gasteiger partial charge in [-0.25, -0.2) is 0 Å². The molecular weight excluding hydrogens is 294 g/mol. The van der Waals surface area contributed by atoms with E-state index in [0.29, 0.717) is 6.04 Å². The van der Waals surface area contributed by atoms with Gasteiger partial charge in [0, 0.05) is 12.6 Å². The first-order valence-electron chi connectivity index (χ1n) is 9.15. The lowest BCUT2D eigenvalue weighted by Gasteiger charge is -2.24. The minimum absolute atomic E-state index is 0.561. The van der Waals surface area contributed by atoms with Crippen LogP contribution in [0.25, 0.3) is 0 Å². The normalized spacial score (nSPS) is 12.3. The highest BCUT2D eigenvalue weighted by Crippen LogP contribution is 2.16. The highest BCUT2D eigenvalue weighted by Gasteiger charge is 2.09. The largest absolute Gasteiger partial charge is 0.494 e. The van der Waals surface area contributed by atoms with Crippen molar-refractivity contribution in [2.24, 2.45) is 0 Å². The molecule has 0 saturated carbocycles. The van der Waals surface area contributed by atoms with E-state index in [-0.39, 0.29) is 0 Å². The van der Waals surface area contributed by atoms with Crippen molar-refractivity contribution in [1.29, 1.82) is 0 Å². The standard InChI is InChI=1S/C22H31NO/c1-4-5-17-24-22-15-13-20(14-16-22)12-11-19(2)23(3)18-21-9-7-6-8-10-21/h6-10,13-16,19H,4-5,11-12,17-18H2,1-3H3. The van der Waals surface area contributed by atoms with Crippen LogP contribution in [0.1, 0.15) is 44.2 Å². The number of nitrogens with zero attached hydrogens (tertiary/aromatic N) is 1. The second-order valence-electron chi connectivity index (χ2n) is 6.63. The molecule has 0 aromatic heterocycles. The number of rotatable bonds is 10. The average molecular weight is 325 g/mol. The molecule has 1 unspecified atom stereocenters. The molecule has 1 atom stereocenters. The summed E-state index contributed by atoms with van der Waals surface area (Å²) in [5.41, 5.74) is 2.76. The number of hydrogen-bond donors (Lipinski definition) is 0. The van der Waals surface area contributed by atoms with Gasteiger partial charge in [-0.3, -0.25) is 4.90 Å². The van der Waals surface area contributed by atoms with E-state index in [1.165, 1.54) is 24.0 Å². The third-order valence-electron chi connectivity index (χ3n) is 4.57. The zero-order valence-electron chi connectivity index (χ0n) is 15.4. The smallest absolute Gasteiger partial charge is 0.119 e. The summed E-state index contributed by atoms with van der Waals surface area (Å²) in [5, 5.41) is 0. The molecular formula is C22H31NO. The molecule has 0 fully saturated rings. The van der Waals surface area contributed by atoms with E-state index < -0.39 is 0 Å². The van der Waals surface area contributed by atoms with Crippen LogP contribution >= 0.6 is 0 Å². The zero-order valence-corrected chi connectivity index (χ0v) is 15.4. The Hall–Kier alpha value is -1.80. The summed E-state index contributed by atoms with van der Waals surface area (Å²) in [7, 11) is 2.21. The van der Waals surface area contributed by atoms with Crippen LogP contribution in [0.3, 0.4) is 0 Å². The van der Waals surface area contributed by atoms with Crippen LogP contribution < -0.4 is 4.74 Å².